The minimum absolute atomic E-state index is 0. The summed E-state index contributed by atoms with van der Waals surface area (Å²) in [4.78, 5) is 7.16. The summed E-state index contributed by atoms with van der Waals surface area (Å²) in [5.41, 5.74) is 1.18. The van der Waals surface area contributed by atoms with Crippen molar-refractivity contribution in [3.63, 3.8) is 0 Å². The Balaban J connectivity index is 0.00000220. The van der Waals surface area contributed by atoms with Crippen molar-refractivity contribution in [2.45, 2.75) is 47.1 Å². The van der Waals surface area contributed by atoms with Crippen LogP contribution in [0, 0.1) is 19.8 Å². The molecule has 0 amide bonds. The summed E-state index contributed by atoms with van der Waals surface area (Å²) in [5, 5.41) is 3.41. The third kappa shape index (κ3) is 5.20. The van der Waals surface area contributed by atoms with Crippen LogP contribution in [-0.2, 0) is 6.54 Å². The number of halogens is 1. The molecular weight excluding hydrogens is 377 g/mol. The third-order valence-corrected chi connectivity index (χ3v) is 3.96. The first-order valence-corrected chi connectivity index (χ1v) is 7.69. The minimum atomic E-state index is 0. The van der Waals surface area contributed by atoms with E-state index in [1.807, 2.05) is 13.8 Å². The molecule has 0 bridgehead atoms. The highest BCUT2D eigenvalue weighted by Crippen LogP contribution is 2.17. The van der Waals surface area contributed by atoms with Crippen LogP contribution in [0.3, 0.4) is 0 Å². The van der Waals surface area contributed by atoms with E-state index in [4.69, 9.17) is 9.41 Å². The quantitative estimate of drug-likeness (QED) is 0.474. The van der Waals surface area contributed by atoms with Crippen molar-refractivity contribution in [1.82, 2.24) is 10.2 Å². The van der Waals surface area contributed by atoms with E-state index in [2.05, 4.69) is 30.1 Å². The summed E-state index contributed by atoms with van der Waals surface area (Å²) in [6, 6.07) is 2.08. The van der Waals surface area contributed by atoms with Crippen LogP contribution in [0.2, 0.25) is 0 Å². The third-order valence-electron chi connectivity index (χ3n) is 3.96. The van der Waals surface area contributed by atoms with Gasteiger partial charge in [0.1, 0.15) is 11.5 Å². The van der Waals surface area contributed by atoms with Gasteiger partial charge in [-0.1, -0.05) is 6.92 Å². The predicted molar refractivity (Wildman–Crippen MR) is 98.4 cm³/mol. The van der Waals surface area contributed by atoms with Crippen LogP contribution in [0.5, 0.6) is 0 Å². The molecule has 1 N–H and O–H groups in total. The number of furan rings is 1. The van der Waals surface area contributed by atoms with E-state index in [1.54, 1.807) is 0 Å². The van der Waals surface area contributed by atoms with Crippen molar-refractivity contribution in [2.75, 3.05) is 19.6 Å². The van der Waals surface area contributed by atoms with Gasteiger partial charge in [-0.3, -0.25) is 0 Å². The Bertz CT molecular complexity index is 462. The molecule has 120 valence electrons. The average Bonchev–Trinajstić information content (AvgIpc) is 2.74. The molecule has 1 aromatic heterocycles. The number of hydrogen-bond acceptors (Lipinski definition) is 2. The molecule has 0 unspecified atom stereocenters. The molecule has 0 saturated carbocycles. The molecule has 0 spiro atoms. The molecule has 2 heterocycles. The van der Waals surface area contributed by atoms with E-state index in [0.29, 0.717) is 6.54 Å². The molecular formula is C16H28IN3O. The molecule has 0 radical (unpaired) electrons. The molecule has 1 fully saturated rings. The van der Waals surface area contributed by atoms with Crippen molar-refractivity contribution in [2.24, 2.45) is 10.9 Å². The van der Waals surface area contributed by atoms with Gasteiger partial charge in [0.05, 0.1) is 6.54 Å². The first-order valence-electron chi connectivity index (χ1n) is 7.69. The monoisotopic (exact) mass is 405 g/mol. The number of nitrogens with zero attached hydrogens (tertiary/aromatic N) is 2. The maximum Gasteiger partial charge on any atom is 0.194 e. The van der Waals surface area contributed by atoms with Gasteiger partial charge in [-0.15, -0.1) is 24.0 Å². The number of aliphatic imine (C=N–C) groups is 1. The molecule has 5 heteroatoms. The molecule has 1 aliphatic rings. The second kappa shape index (κ2) is 8.66. The molecule has 0 aliphatic carbocycles. The number of aryl methyl sites for hydroxylation is 2. The van der Waals surface area contributed by atoms with Crippen molar-refractivity contribution in [3.05, 3.63) is 23.2 Å². The molecule has 1 saturated heterocycles. The Labute approximate surface area is 145 Å². The van der Waals surface area contributed by atoms with Gasteiger partial charge < -0.3 is 14.6 Å². The molecule has 4 nitrogen and oxygen atoms in total. The Kier molecular flexibility index (Phi) is 7.56. The summed E-state index contributed by atoms with van der Waals surface area (Å²) in [7, 11) is 0. The van der Waals surface area contributed by atoms with Crippen LogP contribution >= 0.6 is 24.0 Å². The SMILES string of the molecule is CCNC(=NCc1cc(C)oc1C)N1CCC(C)CC1.I. The number of nitrogens with one attached hydrogen (secondary N) is 1. The number of hydrogen-bond donors (Lipinski definition) is 1. The lowest BCUT2D eigenvalue weighted by atomic mass is 10.00. The zero-order valence-corrected chi connectivity index (χ0v) is 15.9. The Morgan fingerprint density at radius 2 is 2.05 bits per heavy atom. The van der Waals surface area contributed by atoms with Gasteiger partial charge in [0.25, 0.3) is 0 Å². The predicted octanol–water partition coefficient (Wildman–Crippen LogP) is 3.71. The summed E-state index contributed by atoms with van der Waals surface area (Å²) in [6.07, 6.45) is 2.52. The molecule has 0 aromatic carbocycles. The van der Waals surface area contributed by atoms with Gasteiger partial charge in [0.2, 0.25) is 0 Å². The highest BCUT2D eigenvalue weighted by Gasteiger charge is 2.18. The topological polar surface area (TPSA) is 40.8 Å². The van der Waals surface area contributed by atoms with Crippen LogP contribution in [0.25, 0.3) is 0 Å². The highest BCUT2D eigenvalue weighted by molar-refractivity contribution is 14.0. The fourth-order valence-corrected chi connectivity index (χ4v) is 2.65. The minimum Gasteiger partial charge on any atom is -0.466 e. The van der Waals surface area contributed by atoms with Gasteiger partial charge in [0.15, 0.2) is 5.96 Å². The van der Waals surface area contributed by atoms with Gasteiger partial charge >= 0.3 is 0 Å². The van der Waals surface area contributed by atoms with Gasteiger partial charge in [0, 0.05) is 25.2 Å². The summed E-state index contributed by atoms with van der Waals surface area (Å²) in [5.74, 6) is 3.82. The van der Waals surface area contributed by atoms with Crippen molar-refractivity contribution in [1.29, 1.82) is 0 Å². The lowest BCUT2D eigenvalue weighted by Gasteiger charge is -2.33. The number of guanidine groups is 1. The highest BCUT2D eigenvalue weighted by atomic mass is 127. The fraction of sp³-hybridized carbons (Fsp3) is 0.688. The standard InChI is InChI=1S/C16H27N3O.HI/c1-5-17-16(19-8-6-12(2)7-9-19)18-11-15-10-13(3)20-14(15)4;/h10,12H,5-9,11H2,1-4H3,(H,17,18);1H. The van der Waals surface area contributed by atoms with Crippen LogP contribution in [-0.4, -0.2) is 30.5 Å². The Morgan fingerprint density at radius 1 is 1.38 bits per heavy atom. The van der Waals surface area contributed by atoms with Crippen LogP contribution in [0.4, 0.5) is 0 Å². The summed E-state index contributed by atoms with van der Waals surface area (Å²) in [6.45, 7) is 12.3. The zero-order chi connectivity index (χ0) is 14.5. The number of rotatable bonds is 3. The van der Waals surface area contributed by atoms with E-state index in [-0.39, 0.29) is 24.0 Å². The lowest BCUT2D eigenvalue weighted by Crippen LogP contribution is -2.45. The number of likely N-dealkylation sites (tertiary alicyclic amines) is 1. The molecule has 1 aromatic rings. The van der Waals surface area contributed by atoms with Crippen LogP contribution in [0.15, 0.2) is 15.5 Å². The largest absolute Gasteiger partial charge is 0.466 e. The Morgan fingerprint density at radius 3 is 2.57 bits per heavy atom. The van der Waals surface area contributed by atoms with Crippen molar-refractivity contribution in [3.8, 4) is 0 Å². The normalized spacial score (nSPS) is 16.8. The van der Waals surface area contributed by atoms with E-state index < -0.39 is 0 Å². The van der Waals surface area contributed by atoms with E-state index in [9.17, 15) is 0 Å². The molecule has 1 aliphatic heterocycles. The summed E-state index contributed by atoms with van der Waals surface area (Å²) < 4.78 is 5.56. The van der Waals surface area contributed by atoms with E-state index in [0.717, 1.165) is 43.0 Å². The van der Waals surface area contributed by atoms with Crippen LogP contribution in [0.1, 0.15) is 43.8 Å². The first kappa shape index (κ1) is 18.3. The molecule has 21 heavy (non-hydrogen) atoms. The van der Waals surface area contributed by atoms with Gasteiger partial charge in [-0.2, -0.15) is 0 Å². The van der Waals surface area contributed by atoms with E-state index >= 15 is 0 Å². The maximum atomic E-state index is 5.56. The molecule has 0 atom stereocenters. The smallest absolute Gasteiger partial charge is 0.194 e. The van der Waals surface area contributed by atoms with Crippen molar-refractivity contribution >= 4 is 29.9 Å². The van der Waals surface area contributed by atoms with Gasteiger partial charge in [-0.05, 0) is 45.6 Å². The molecule has 2 rings (SSSR count). The number of piperidine rings is 1. The fourth-order valence-electron chi connectivity index (χ4n) is 2.65. The zero-order valence-electron chi connectivity index (χ0n) is 13.6. The van der Waals surface area contributed by atoms with Crippen LogP contribution < -0.4 is 5.32 Å². The van der Waals surface area contributed by atoms with Crippen molar-refractivity contribution < 1.29 is 4.42 Å². The second-order valence-electron chi connectivity index (χ2n) is 5.78. The average molecular weight is 405 g/mol. The second-order valence-corrected chi connectivity index (χ2v) is 5.78. The maximum absolute atomic E-state index is 5.56. The summed E-state index contributed by atoms with van der Waals surface area (Å²) >= 11 is 0. The lowest BCUT2D eigenvalue weighted by molar-refractivity contribution is 0.273. The van der Waals surface area contributed by atoms with E-state index in [1.165, 1.54) is 18.4 Å². The van der Waals surface area contributed by atoms with Gasteiger partial charge in [-0.25, -0.2) is 4.99 Å². The first-order chi connectivity index (χ1) is 9.60. The Hall–Kier alpha value is -0.720.